The second-order valence-corrected chi connectivity index (χ2v) is 5.22. The first-order valence-corrected chi connectivity index (χ1v) is 6.75. The lowest BCUT2D eigenvalue weighted by Crippen LogP contribution is -2.18. The van der Waals surface area contributed by atoms with Gasteiger partial charge in [-0.05, 0) is 22.4 Å². The van der Waals surface area contributed by atoms with Gasteiger partial charge in [-0.2, -0.15) is 5.10 Å². The van der Waals surface area contributed by atoms with Gasteiger partial charge in [0.15, 0.2) is 0 Å². The van der Waals surface area contributed by atoms with Crippen LogP contribution >= 0.6 is 15.9 Å². The first-order valence-electron chi connectivity index (χ1n) is 5.96. The summed E-state index contributed by atoms with van der Waals surface area (Å²) in [6, 6.07) is -0.0751. The van der Waals surface area contributed by atoms with Crippen LogP contribution in [0.15, 0.2) is 17.0 Å². The molecule has 0 amide bonds. The van der Waals surface area contributed by atoms with E-state index >= 15 is 0 Å². The summed E-state index contributed by atoms with van der Waals surface area (Å²) in [7, 11) is 3.91. The predicted molar refractivity (Wildman–Crippen MR) is 74.1 cm³/mol. The summed E-state index contributed by atoms with van der Waals surface area (Å²) in [5.74, 6) is 0. The normalized spacial score (nSPS) is 12.9. The first-order chi connectivity index (χ1) is 8.54. The summed E-state index contributed by atoms with van der Waals surface area (Å²) < 4.78 is 4.93. The molecule has 18 heavy (non-hydrogen) atoms. The van der Waals surface area contributed by atoms with Crippen molar-refractivity contribution in [1.82, 2.24) is 19.3 Å². The zero-order chi connectivity index (χ0) is 13.3. The third-order valence-corrected chi connectivity index (χ3v) is 4.07. The fourth-order valence-electron chi connectivity index (χ4n) is 2.08. The van der Waals surface area contributed by atoms with Crippen molar-refractivity contribution < 1.29 is 0 Å². The molecule has 0 saturated carbocycles. The molecule has 6 heteroatoms. The van der Waals surface area contributed by atoms with E-state index in [-0.39, 0.29) is 6.04 Å². The van der Waals surface area contributed by atoms with E-state index < -0.39 is 0 Å². The molecule has 5 nitrogen and oxygen atoms in total. The van der Waals surface area contributed by atoms with Crippen molar-refractivity contribution >= 4 is 15.9 Å². The minimum absolute atomic E-state index is 0.0751. The van der Waals surface area contributed by atoms with Crippen LogP contribution in [0.4, 0.5) is 0 Å². The highest BCUT2D eigenvalue weighted by molar-refractivity contribution is 9.10. The summed E-state index contributed by atoms with van der Waals surface area (Å²) in [6.07, 6.45) is 5.24. The molecule has 0 radical (unpaired) electrons. The Bertz CT molecular complexity index is 543. The van der Waals surface area contributed by atoms with Gasteiger partial charge in [-0.1, -0.05) is 6.92 Å². The summed E-state index contributed by atoms with van der Waals surface area (Å²) in [6.45, 7) is 2.10. The smallest absolute Gasteiger partial charge is 0.0946 e. The Morgan fingerprint density at radius 1 is 1.44 bits per heavy atom. The first kappa shape index (κ1) is 13.3. The SMILES string of the molecule is CCc1nn(C)c(CC(N)c2cncn2C)c1Br. The Hall–Kier alpha value is -1.14. The molecule has 2 aromatic rings. The van der Waals surface area contributed by atoms with Gasteiger partial charge < -0.3 is 10.3 Å². The number of aryl methyl sites for hydroxylation is 3. The fraction of sp³-hybridized carbons (Fsp3) is 0.500. The molecule has 0 aliphatic heterocycles. The number of nitrogens with zero attached hydrogens (tertiary/aromatic N) is 4. The Morgan fingerprint density at radius 2 is 2.17 bits per heavy atom. The molecule has 2 heterocycles. The van der Waals surface area contributed by atoms with Crippen molar-refractivity contribution in [2.75, 3.05) is 0 Å². The van der Waals surface area contributed by atoms with E-state index in [2.05, 4.69) is 32.9 Å². The Labute approximate surface area is 115 Å². The van der Waals surface area contributed by atoms with E-state index in [1.807, 2.05) is 29.5 Å². The van der Waals surface area contributed by atoms with Crippen LogP contribution in [0.1, 0.15) is 30.0 Å². The minimum atomic E-state index is -0.0751. The number of nitrogens with two attached hydrogens (primary N) is 1. The molecule has 0 saturated heterocycles. The topological polar surface area (TPSA) is 61.7 Å². The predicted octanol–water partition coefficient (Wildman–Crippen LogP) is 1.72. The number of hydrogen-bond donors (Lipinski definition) is 1. The van der Waals surface area contributed by atoms with Crippen LogP contribution in [-0.2, 0) is 26.9 Å². The van der Waals surface area contributed by atoms with E-state index in [1.165, 1.54) is 0 Å². The number of aromatic nitrogens is 4. The number of halogens is 1. The van der Waals surface area contributed by atoms with E-state index in [9.17, 15) is 0 Å². The van der Waals surface area contributed by atoms with Gasteiger partial charge in [0, 0.05) is 26.7 Å². The molecule has 0 spiro atoms. The van der Waals surface area contributed by atoms with Gasteiger partial charge in [0.2, 0.25) is 0 Å². The van der Waals surface area contributed by atoms with Gasteiger partial charge in [0.25, 0.3) is 0 Å². The van der Waals surface area contributed by atoms with Gasteiger partial charge in [0.05, 0.1) is 33.9 Å². The molecule has 2 aromatic heterocycles. The van der Waals surface area contributed by atoms with E-state index in [0.717, 1.165) is 34.4 Å². The zero-order valence-electron chi connectivity index (χ0n) is 10.9. The molecule has 2 rings (SSSR count). The largest absolute Gasteiger partial charge is 0.336 e. The molecule has 2 N–H and O–H groups in total. The molecular weight excluding hydrogens is 294 g/mol. The van der Waals surface area contributed by atoms with E-state index in [4.69, 9.17) is 5.73 Å². The van der Waals surface area contributed by atoms with Crippen LogP contribution in [0.5, 0.6) is 0 Å². The summed E-state index contributed by atoms with van der Waals surface area (Å²) >= 11 is 3.61. The van der Waals surface area contributed by atoms with Gasteiger partial charge in [-0.3, -0.25) is 4.68 Å². The number of rotatable bonds is 4. The van der Waals surface area contributed by atoms with Crippen molar-refractivity contribution in [3.63, 3.8) is 0 Å². The Kier molecular flexibility index (Phi) is 3.87. The molecule has 1 atom stereocenters. The van der Waals surface area contributed by atoms with Crippen molar-refractivity contribution in [1.29, 1.82) is 0 Å². The monoisotopic (exact) mass is 311 g/mol. The maximum Gasteiger partial charge on any atom is 0.0946 e. The van der Waals surface area contributed by atoms with Crippen LogP contribution in [0.3, 0.4) is 0 Å². The Morgan fingerprint density at radius 3 is 2.67 bits per heavy atom. The van der Waals surface area contributed by atoms with Crippen LogP contribution < -0.4 is 5.73 Å². The molecule has 0 aliphatic rings. The van der Waals surface area contributed by atoms with E-state index in [1.54, 1.807) is 6.33 Å². The van der Waals surface area contributed by atoms with Crippen LogP contribution in [0.25, 0.3) is 0 Å². The molecule has 0 bridgehead atoms. The lowest BCUT2D eigenvalue weighted by atomic mass is 10.1. The van der Waals surface area contributed by atoms with E-state index in [0.29, 0.717) is 0 Å². The maximum absolute atomic E-state index is 6.24. The maximum atomic E-state index is 6.24. The summed E-state index contributed by atoms with van der Waals surface area (Å²) in [5.41, 5.74) is 9.47. The highest BCUT2D eigenvalue weighted by atomic mass is 79.9. The second-order valence-electron chi connectivity index (χ2n) is 4.42. The van der Waals surface area contributed by atoms with Gasteiger partial charge in [-0.25, -0.2) is 4.98 Å². The average Bonchev–Trinajstić information content (AvgIpc) is 2.87. The zero-order valence-corrected chi connectivity index (χ0v) is 12.5. The van der Waals surface area contributed by atoms with Crippen LogP contribution in [0, 0.1) is 0 Å². The molecule has 0 aliphatic carbocycles. The second kappa shape index (κ2) is 5.24. The van der Waals surface area contributed by atoms with Crippen molar-refractivity contribution in [2.45, 2.75) is 25.8 Å². The third kappa shape index (κ3) is 2.35. The summed E-state index contributed by atoms with van der Waals surface area (Å²) in [4.78, 5) is 4.10. The minimum Gasteiger partial charge on any atom is -0.336 e. The standard InChI is InChI=1S/C12H18BrN5/c1-4-9-12(13)10(18(3)16-9)5-8(14)11-6-15-7-17(11)2/h6-8H,4-5,14H2,1-3H3. The van der Waals surface area contributed by atoms with Crippen molar-refractivity contribution in [2.24, 2.45) is 19.8 Å². The molecule has 1 unspecified atom stereocenters. The van der Waals surface area contributed by atoms with Gasteiger partial charge >= 0.3 is 0 Å². The number of hydrogen-bond acceptors (Lipinski definition) is 3. The average molecular weight is 312 g/mol. The highest BCUT2D eigenvalue weighted by Crippen LogP contribution is 2.25. The van der Waals surface area contributed by atoms with Gasteiger partial charge in [0.1, 0.15) is 0 Å². The van der Waals surface area contributed by atoms with Crippen molar-refractivity contribution in [3.8, 4) is 0 Å². The summed E-state index contributed by atoms with van der Waals surface area (Å²) in [5, 5.41) is 4.48. The molecule has 0 fully saturated rings. The lowest BCUT2D eigenvalue weighted by Gasteiger charge is -2.12. The number of imidazole rings is 1. The quantitative estimate of drug-likeness (QED) is 0.935. The van der Waals surface area contributed by atoms with Gasteiger partial charge in [-0.15, -0.1) is 0 Å². The molecule has 98 valence electrons. The highest BCUT2D eigenvalue weighted by Gasteiger charge is 2.18. The van der Waals surface area contributed by atoms with Crippen LogP contribution in [-0.4, -0.2) is 19.3 Å². The molecule has 0 aromatic carbocycles. The third-order valence-electron chi connectivity index (χ3n) is 3.15. The lowest BCUT2D eigenvalue weighted by molar-refractivity contribution is 0.608. The van der Waals surface area contributed by atoms with Crippen molar-refractivity contribution in [3.05, 3.63) is 34.1 Å². The Balaban J connectivity index is 2.24. The van der Waals surface area contributed by atoms with Crippen LogP contribution in [0.2, 0.25) is 0 Å². The molecular formula is C12H18BrN5. The fourth-order valence-corrected chi connectivity index (χ4v) is 2.86.